The maximum Gasteiger partial charge on any atom is 0.243 e. The number of aryl methyl sites for hydroxylation is 3. The van der Waals surface area contributed by atoms with Crippen LogP contribution in [0.1, 0.15) is 60.7 Å². The monoisotopic (exact) mass is 442 g/mol. The molecule has 1 heterocycles. The van der Waals surface area contributed by atoms with Crippen LogP contribution in [0.2, 0.25) is 0 Å². The molecule has 0 aliphatic heterocycles. The van der Waals surface area contributed by atoms with Gasteiger partial charge in [0.2, 0.25) is 11.8 Å². The Morgan fingerprint density at radius 2 is 1.77 bits per heavy atom. The van der Waals surface area contributed by atoms with Gasteiger partial charge in [0, 0.05) is 24.5 Å². The number of hydrogen-bond donors (Lipinski definition) is 1. The molecular formula is C24H34N4O2S. The maximum absolute atomic E-state index is 12.7. The van der Waals surface area contributed by atoms with E-state index in [1.165, 1.54) is 54.5 Å². The van der Waals surface area contributed by atoms with Crippen molar-refractivity contribution < 1.29 is 9.59 Å². The smallest absolute Gasteiger partial charge is 0.243 e. The van der Waals surface area contributed by atoms with Crippen molar-refractivity contribution >= 4 is 29.3 Å². The van der Waals surface area contributed by atoms with E-state index in [2.05, 4.69) is 16.8 Å². The summed E-state index contributed by atoms with van der Waals surface area (Å²) < 4.78 is 2.33. The van der Waals surface area contributed by atoms with Crippen molar-refractivity contribution in [3.05, 3.63) is 40.7 Å². The highest BCUT2D eigenvalue weighted by molar-refractivity contribution is 7.99. The van der Waals surface area contributed by atoms with Gasteiger partial charge in [-0.05, 0) is 51.7 Å². The van der Waals surface area contributed by atoms with Crippen LogP contribution in [0.5, 0.6) is 0 Å². The van der Waals surface area contributed by atoms with Gasteiger partial charge in [0.25, 0.3) is 0 Å². The van der Waals surface area contributed by atoms with Gasteiger partial charge in [0.05, 0.1) is 18.0 Å². The molecule has 1 aromatic heterocycles. The highest BCUT2D eigenvalue weighted by Crippen LogP contribution is 2.34. The van der Waals surface area contributed by atoms with Gasteiger partial charge >= 0.3 is 0 Å². The minimum Gasteiger partial charge on any atom is -0.336 e. The second-order valence-corrected chi connectivity index (χ2v) is 9.52. The van der Waals surface area contributed by atoms with Crippen LogP contribution in [0.3, 0.4) is 0 Å². The molecule has 3 rings (SSSR count). The van der Waals surface area contributed by atoms with Gasteiger partial charge in [0.15, 0.2) is 5.16 Å². The van der Waals surface area contributed by atoms with Crippen LogP contribution >= 0.6 is 11.8 Å². The Morgan fingerprint density at radius 1 is 1.13 bits per heavy atom. The highest BCUT2D eigenvalue weighted by Gasteiger charge is 2.23. The normalized spacial score (nSPS) is 14.5. The molecule has 0 saturated heterocycles. The number of nitrogens with zero attached hydrogens (tertiary/aromatic N) is 3. The van der Waals surface area contributed by atoms with Crippen LogP contribution < -0.4 is 5.32 Å². The summed E-state index contributed by atoms with van der Waals surface area (Å²) in [5.41, 5.74) is 5.07. The van der Waals surface area contributed by atoms with Crippen LogP contribution in [0.25, 0.3) is 0 Å². The van der Waals surface area contributed by atoms with Gasteiger partial charge in [0.1, 0.15) is 0 Å². The van der Waals surface area contributed by atoms with E-state index in [9.17, 15) is 9.59 Å². The lowest BCUT2D eigenvalue weighted by atomic mass is 9.95. The van der Waals surface area contributed by atoms with E-state index in [0.717, 1.165) is 27.7 Å². The van der Waals surface area contributed by atoms with E-state index in [-0.39, 0.29) is 24.1 Å². The number of amides is 2. The summed E-state index contributed by atoms with van der Waals surface area (Å²) in [6.45, 7) is 8.11. The van der Waals surface area contributed by atoms with E-state index < -0.39 is 0 Å². The number of hydrogen-bond acceptors (Lipinski definition) is 4. The number of nitrogens with one attached hydrogen (secondary N) is 1. The minimum absolute atomic E-state index is 0.0300. The number of carbonyl (C=O) groups is 2. The summed E-state index contributed by atoms with van der Waals surface area (Å²) in [7, 11) is 1.68. The third kappa shape index (κ3) is 5.70. The molecule has 2 amide bonds. The van der Waals surface area contributed by atoms with Crippen molar-refractivity contribution in [2.24, 2.45) is 0 Å². The minimum atomic E-state index is -0.186. The average Bonchev–Trinajstić information content (AvgIpc) is 3.03. The molecule has 0 atom stereocenters. The zero-order valence-corrected chi connectivity index (χ0v) is 20.1. The van der Waals surface area contributed by atoms with Gasteiger partial charge in [-0.3, -0.25) is 9.59 Å². The van der Waals surface area contributed by atoms with E-state index in [0.29, 0.717) is 6.04 Å². The van der Waals surface area contributed by atoms with Crippen LogP contribution in [0.4, 0.5) is 5.69 Å². The van der Waals surface area contributed by atoms with E-state index >= 15 is 0 Å². The SMILES string of the molecule is Cc1cccc(C)c1NC(=O)CN(C)C(=O)CSc1nc(C)c(C)n1C1CCCCC1. The molecule has 1 fully saturated rings. The van der Waals surface area contributed by atoms with E-state index in [1.807, 2.05) is 39.0 Å². The summed E-state index contributed by atoms with van der Waals surface area (Å²) in [6, 6.07) is 6.38. The zero-order chi connectivity index (χ0) is 22.5. The molecule has 0 radical (unpaired) electrons. The Bertz CT molecular complexity index is 927. The lowest BCUT2D eigenvalue weighted by molar-refractivity contribution is -0.131. The third-order valence-electron chi connectivity index (χ3n) is 6.17. The fourth-order valence-corrected chi connectivity index (χ4v) is 5.30. The number of rotatable bonds is 7. The predicted molar refractivity (Wildman–Crippen MR) is 127 cm³/mol. The summed E-state index contributed by atoms with van der Waals surface area (Å²) in [5.74, 6) is 0.0132. The highest BCUT2D eigenvalue weighted by atomic mass is 32.2. The quantitative estimate of drug-likeness (QED) is 0.625. The molecule has 7 heteroatoms. The zero-order valence-electron chi connectivity index (χ0n) is 19.3. The molecule has 1 aromatic carbocycles. The van der Waals surface area contributed by atoms with Gasteiger partial charge in [-0.2, -0.15) is 0 Å². The van der Waals surface area contributed by atoms with Crippen LogP contribution in [-0.2, 0) is 9.59 Å². The second kappa shape index (κ2) is 10.4. The Morgan fingerprint density at radius 3 is 2.42 bits per heavy atom. The first-order chi connectivity index (χ1) is 14.8. The lowest BCUT2D eigenvalue weighted by Crippen LogP contribution is -2.36. The Kier molecular flexibility index (Phi) is 7.81. The molecule has 2 aromatic rings. The molecule has 1 aliphatic carbocycles. The van der Waals surface area contributed by atoms with Gasteiger partial charge in [-0.15, -0.1) is 0 Å². The second-order valence-electron chi connectivity index (χ2n) is 8.58. The topological polar surface area (TPSA) is 67.2 Å². The Labute approximate surface area is 189 Å². The molecule has 1 saturated carbocycles. The van der Waals surface area contributed by atoms with Gasteiger partial charge < -0.3 is 14.8 Å². The fraction of sp³-hybridized carbons (Fsp3) is 0.542. The number of benzene rings is 1. The molecule has 1 aliphatic rings. The number of anilines is 1. The molecule has 6 nitrogen and oxygen atoms in total. The summed E-state index contributed by atoms with van der Waals surface area (Å²) >= 11 is 1.48. The van der Waals surface area contributed by atoms with Crippen molar-refractivity contribution in [3.8, 4) is 0 Å². The Balaban J connectivity index is 1.58. The predicted octanol–water partition coefficient (Wildman–Crippen LogP) is 4.81. The van der Waals surface area contributed by atoms with Crippen molar-refractivity contribution in [1.29, 1.82) is 0 Å². The number of aromatic nitrogens is 2. The molecule has 31 heavy (non-hydrogen) atoms. The van der Waals surface area contributed by atoms with Gasteiger partial charge in [-0.1, -0.05) is 49.2 Å². The van der Waals surface area contributed by atoms with Gasteiger partial charge in [-0.25, -0.2) is 4.98 Å². The summed E-state index contributed by atoms with van der Waals surface area (Å²) in [5, 5.41) is 3.86. The summed E-state index contributed by atoms with van der Waals surface area (Å²) in [4.78, 5) is 31.4. The first-order valence-corrected chi connectivity index (χ1v) is 12.0. The number of likely N-dealkylation sites (N-methyl/N-ethyl adjacent to an activating group) is 1. The molecule has 0 spiro atoms. The fourth-order valence-electron chi connectivity index (χ4n) is 4.20. The van der Waals surface area contributed by atoms with Crippen molar-refractivity contribution in [2.75, 3.05) is 24.7 Å². The average molecular weight is 443 g/mol. The summed E-state index contributed by atoms with van der Waals surface area (Å²) in [6.07, 6.45) is 6.16. The number of thioether (sulfide) groups is 1. The Hall–Kier alpha value is -2.28. The molecule has 168 valence electrons. The number of imidazole rings is 1. The van der Waals surface area contributed by atoms with Crippen LogP contribution in [0.15, 0.2) is 23.4 Å². The lowest BCUT2D eigenvalue weighted by Gasteiger charge is -2.26. The standard InChI is InChI=1S/C24H34N4O2S/c1-16-10-9-11-17(2)23(16)26-21(29)14-27(5)22(30)15-31-24-25-18(3)19(4)28(24)20-12-7-6-8-13-20/h9-11,20H,6-8,12-15H2,1-5H3,(H,26,29). The van der Waals surface area contributed by atoms with Crippen molar-refractivity contribution in [1.82, 2.24) is 14.5 Å². The molecule has 0 unspecified atom stereocenters. The van der Waals surface area contributed by atoms with Crippen molar-refractivity contribution in [2.45, 2.75) is 71.0 Å². The van der Waals surface area contributed by atoms with E-state index in [1.54, 1.807) is 7.05 Å². The number of para-hydroxylation sites is 1. The third-order valence-corrected chi connectivity index (χ3v) is 7.11. The first-order valence-electron chi connectivity index (χ1n) is 11.1. The van der Waals surface area contributed by atoms with Crippen molar-refractivity contribution in [3.63, 3.8) is 0 Å². The molecule has 1 N–H and O–H groups in total. The number of carbonyl (C=O) groups excluding carboxylic acids is 2. The maximum atomic E-state index is 12.7. The first kappa shape index (κ1) is 23.4. The van der Waals surface area contributed by atoms with E-state index in [4.69, 9.17) is 4.98 Å². The molecular weight excluding hydrogens is 408 g/mol. The van der Waals surface area contributed by atoms with Crippen LogP contribution in [-0.4, -0.2) is 45.6 Å². The molecule has 0 bridgehead atoms. The largest absolute Gasteiger partial charge is 0.336 e. The van der Waals surface area contributed by atoms with Crippen LogP contribution in [0, 0.1) is 27.7 Å².